The molecule has 42 heavy (non-hydrogen) atoms. The molecule has 9 nitrogen and oxygen atoms in total. The third-order valence-electron chi connectivity index (χ3n) is 8.29. The van der Waals surface area contributed by atoms with Crippen LogP contribution in [-0.4, -0.2) is 76.1 Å². The van der Waals surface area contributed by atoms with Crippen LogP contribution in [-0.2, 0) is 25.5 Å². The Balaban J connectivity index is 1.27. The Morgan fingerprint density at radius 3 is 2.29 bits per heavy atom. The predicted octanol–water partition coefficient (Wildman–Crippen LogP) is 5.12. The van der Waals surface area contributed by atoms with E-state index in [0.29, 0.717) is 58.2 Å². The average molecular weight is 582 g/mol. The van der Waals surface area contributed by atoms with Crippen LogP contribution in [0.25, 0.3) is 0 Å². The minimum absolute atomic E-state index is 0.145. The van der Waals surface area contributed by atoms with Crippen LogP contribution < -0.4 is 9.64 Å². The van der Waals surface area contributed by atoms with Crippen molar-refractivity contribution >= 4 is 11.8 Å². The van der Waals surface area contributed by atoms with Gasteiger partial charge in [0, 0.05) is 37.3 Å². The maximum Gasteiger partial charge on any atom is 0.410 e. The molecule has 0 aromatic heterocycles. The molecule has 10 heteroatoms. The Hall–Kier alpha value is -3.39. The molecule has 1 amide bonds. The highest BCUT2D eigenvalue weighted by Crippen LogP contribution is 2.43. The first-order chi connectivity index (χ1) is 20.0. The lowest BCUT2D eigenvalue weighted by Gasteiger charge is -2.53. The Kier molecular flexibility index (Phi) is 8.65. The number of nitriles is 1. The van der Waals surface area contributed by atoms with Gasteiger partial charge >= 0.3 is 6.09 Å². The topological polar surface area (TPSA) is 93.5 Å². The zero-order valence-electron chi connectivity index (χ0n) is 24.9. The van der Waals surface area contributed by atoms with E-state index in [1.165, 1.54) is 13.2 Å². The van der Waals surface area contributed by atoms with Crippen LogP contribution in [0.3, 0.4) is 0 Å². The number of amides is 1. The lowest BCUT2D eigenvalue weighted by Crippen LogP contribution is -2.62. The van der Waals surface area contributed by atoms with E-state index < -0.39 is 23.1 Å². The van der Waals surface area contributed by atoms with Crippen molar-refractivity contribution in [3.05, 3.63) is 59.4 Å². The zero-order valence-corrected chi connectivity index (χ0v) is 24.9. The summed E-state index contributed by atoms with van der Waals surface area (Å²) in [4.78, 5) is 16.5. The lowest BCUT2D eigenvalue weighted by molar-refractivity contribution is -0.320. The number of halogens is 1. The van der Waals surface area contributed by atoms with E-state index >= 15 is 0 Å². The van der Waals surface area contributed by atoms with Crippen LogP contribution in [0.4, 0.5) is 14.9 Å². The monoisotopic (exact) mass is 581 g/mol. The van der Waals surface area contributed by atoms with Crippen molar-refractivity contribution in [2.45, 2.75) is 52.0 Å². The van der Waals surface area contributed by atoms with Gasteiger partial charge in [0.05, 0.1) is 50.6 Å². The smallest absolute Gasteiger partial charge is 0.410 e. The van der Waals surface area contributed by atoms with Gasteiger partial charge in [-0.05, 0) is 75.6 Å². The molecule has 0 radical (unpaired) electrons. The number of carbonyl (C=O) groups excluding carboxylic acids is 1. The van der Waals surface area contributed by atoms with Crippen molar-refractivity contribution in [1.82, 2.24) is 4.90 Å². The van der Waals surface area contributed by atoms with Crippen molar-refractivity contribution in [2.75, 3.05) is 58.1 Å². The summed E-state index contributed by atoms with van der Waals surface area (Å²) in [5.74, 6) is -0.221. The van der Waals surface area contributed by atoms with Gasteiger partial charge in [-0.25, -0.2) is 9.18 Å². The maximum atomic E-state index is 14.6. The molecule has 2 aromatic carbocycles. The first-order valence-corrected chi connectivity index (χ1v) is 14.4. The molecule has 3 aliphatic rings. The van der Waals surface area contributed by atoms with Gasteiger partial charge in [0.1, 0.15) is 5.60 Å². The third-order valence-corrected chi connectivity index (χ3v) is 8.29. The number of benzene rings is 2. The fourth-order valence-electron chi connectivity index (χ4n) is 5.79. The Bertz CT molecular complexity index is 1280. The second-order valence-electron chi connectivity index (χ2n) is 12.8. The summed E-state index contributed by atoms with van der Waals surface area (Å²) >= 11 is 0. The van der Waals surface area contributed by atoms with Crippen LogP contribution in [0.2, 0.25) is 0 Å². The third kappa shape index (κ3) is 6.64. The molecule has 0 bridgehead atoms. The molecular formula is C32H40FN3O6. The largest absolute Gasteiger partial charge is 0.494 e. The van der Waals surface area contributed by atoms with Gasteiger partial charge in [-0.2, -0.15) is 5.26 Å². The average Bonchev–Trinajstić information content (AvgIpc) is 2.94. The van der Waals surface area contributed by atoms with E-state index in [4.69, 9.17) is 23.7 Å². The van der Waals surface area contributed by atoms with Gasteiger partial charge in [-0.15, -0.1) is 0 Å². The van der Waals surface area contributed by atoms with Crippen molar-refractivity contribution in [3.8, 4) is 11.8 Å². The number of rotatable bonds is 7. The number of piperidine rings is 1. The molecule has 2 aromatic rings. The molecule has 0 aliphatic carbocycles. The second-order valence-corrected chi connectivity index (χ2v) is 12.8. The second kappa shape index (κ2) is 12.1. The minimum Gasteiger partial charge on any atom is -0.494 e. The molecule has 0 unspecified atom stereocenters. The Morgan fingerprint density at radius 1 is 1.10 bits per heavy atom. The summed E-state index contributed by atoms with van der Waals surface area (Å²) in [6.07, 6.45) is 0.818. The van der Waals surface area contributed by atoms with E-state index in [2.05, 4.69) is 11.0 Å². The summed E-state index contributed by atoms with van der Waals surface area (Å²) in [6.45, 7) is 9.84. The molecule has 3 saturated heterocycles. The molecule has 5 rings (SSSR count). The highest BCUT2D eigenvalue weighted by Gasteiger charge is 2.53. The first-order valence-electron chi connectivity index (χ1n) is 14.4. The van der Waals surface area contributed by atoms with Crippen LogP contribution in [0, 0.1) is 28.0 Å². The van der Waals surface area contributed by atoms with Gasteiger partial charge in [0.15, 0.2) is 17.9 Å². The highest BCUT2D eigenvalue weighted by atomic mass is 19.1. The van der Waals surface area contributed by atoms with Crippen LogP contribution in [0.1, 0.15) is 44.7 Å². The standard InChI is InChI=1S/C32H40FN3O6/c1-30(2,3)42-29(37)35-13-11-31(12-14-35)19-40-28(41-20-31)32(21-39-22-32)18-36(25-8-5-23(16-34)6-9-25)17-24-7-10-27(38-4)26(33)15-24/h5-10,15,28H,11-14,17-22H2,1-4H3. The lowest BCUT2D eigenvalue weighted by atomic mass is 9.78. The molecule has 3 heterocycles. The number of anilines is 1. The molecule has 0 atom stereocenters. The number of nitrogens with zero attached hydrogens (tertiary/aromatic N) is 3. The SMILES string of the molecule is COc1ccc(CN(CC2(C3OCC4(CCN(C(=O)OC(C)(C)C)CC4)CO3)COC2)c2ccc(C#N)cc2)cc1F. The Labute approximate surface area is 247 Å². The summed E-state index contributed by atoms with van der Waals surface area (Å²) in [5.41, 5.74) is 1.17. The first kappa shape index (κ1) is 30.1. The molecule has 0 N–H and O–H groups in total. The van der Waals surface area contributed by atoms with E-state index in [1.807, 2.05) is 39.0 Å². The predicted molar refractivity (Wildman–Crippen MR) is 154 cm³/mol. The molecular weight excluding hydrogens is 541 g/mol. The zero-order chi connectivity index (χ0) is 30.0. The van der Waals surface area contributed by atoms with E-state index in [-0.39, 0.29) is 17.3 Å². The van der Waals surface area contributed by atoms with Crippen LogP contribution >= 0.6 is 0 Å². The number of hydrogen-bond acceptors (Lipinski definition) is 8. The molecule has 1 spiro atoms. The summed E-state index contributed by atoms with van der Waals surface area (Å²) in [5, 5.41) is 9.29. The highest BCUT2D eigenvalue weighted by molar-refractivity contribution is 5.68. The van der Waals surface area contributed by atoms with Crippen molar-refractivity contribution in [2.24, 2.45) is 10.8 Å². The fourth-order valence-corrected chi connectivity index (χ4v) is 5.79. The van der Waals surface area contributed by atoms with Gasteiger partial charge in [-0.1, -0.05) is 6.07 Å². The van der Waals surface area contributed by atoms with Crippen molar-refractivity contribution in [1.29, 1.82) is 5.26 Å². The van der Waals surface area contributed by atoms with Gasteiger partial charge in [0.2, 0.25) is 0 Å². The number of hydrogen-bond donors (Lipinski definition) is 0. The summed E-state index contributed by atoms with van der Waals surface area (Å²) in [7, 11) is 1.44. The van der Waals surface area contributed by atoms with Gasteiger partial charge in [-0.3, -0.25) is 0 Å². The normalized spacial score (nSPS) is 20.0. The van der Waals surface area contributed by atoms with Crippen molar-refractivity contribution < 1.29 is 32.9 Å². The molecule has 0 saturated carbocycles. The number of methoxy groups -OCH3 is 1. The van der Waals surface area contributed by atoms with Crippen molar-refractivity contribution in [3.63, 3.8) is 0 Å². The molecule has 3 fully saturated rings. The quantitative estimate of drug-likeness (QED) is 0.445. The van der Waals surface area contributed by atoms with Crippen LogP contribution in [0.5, 0.6) is 5.75 Å². The molecule has 226 valence electrons. The number of carbonyl (C=O) groups is 1. The molecule has 3 aliphatic heterocycles. The summed E-state index contributed by atoms with van der Waals surface area (Å²) in [6, 6.07) is 14.5. The maximum absolute atomic E-state index is 14.6. The van der Waals surface area contributed by atoms with E-state index in [0.717, 1.165) is 24.1 Å². The van der Waals surface area contributed by atoms with Crippen LogP contribution in [0.15, 0.2) is 42.5 Å². The number of likely N-dealkylation sites (tertiary alicyclic amines) is 1. The minimum atomic E-state index is -0.525. The Morgan fingerprint density at radius 2 is 1.76 bits per heavy atom. The van der Waals surface area contributed by atoms with Gasteiger partial charge in [0.25, 0.3) is 0 Å². The summed E-state index contributed by atoms with van der Waals surface area (Å²) < 4.78 is 43.8. The van der Waals surface area contributed by atoms with E-state index in [1.54, 1.807) is 23.1 Å². The number of ether oxygens (including phenoxy) is 5. The fraction of sp³-hybridized carbons (Fsp3) is 0.562. The van der Waals surface area contributed by atoms with Gasteiger partial charge < -0.3 is 33.5 Å². The van der Waals surface area contributed by atoms with E-state index in [9.17, 15) is 14.4 Å².